The van der Waals surface area contributed by atoms with E-state index in [0.29, 0.717) is 12.0 Å². The van der Waals surface area contributed by atoms with Crippen molar-refractivity contribution in [1.29, 1.82) is 0 Å². The molecule has 2 aromatic rings. The van der Waals surface area contributed by atoms with Crippen LogP contribution in [-0.4, -0.2) is 11.5 Å². The van der Waals surface area contributed by atoms with Crippen molar-refractivity contribution in [2.45, 2.75) is 32.8 Å². The van der Waals surface area contributed by atoms with Gasteiger partial charge in [-0.15, -0.1) is 0 Å². The molecule has 0 fully saturated rings. The smallest absolute Gasteiger partial charge is 0.275 e. The number of rotatable bonds is 4. The fraction of sp³-hybridized carbons (Fsp3) is 0.278. The molecule has 1 amide bonds. The second kappa shape index (κ2) is 6.62. The van der Waals surface area contributed by atoms with Crippen molar-refractivity contribution < 1.29 is 9.63 Å². The topological polar surface area (TPSA) is 64.3 Å². The van der Waals surface area contributed by atoms with E-state index in [1.54, 1.807) is 6.07 Å². The quantitative estimate of drug-likeness (QED) is 0.672. The molecular weight excluding hydrogens is 276 g/mol. The lowest BCUT2D eigenvalue weighted by Gasteiger charge is -2.19. The summed E-state index contributed by atoms with van der Waals surface area (Å²) in [7, 11) is 0. The Balaban J connectivity index is 2.16. The maximum absolute atomic E-state index is 12.3. The van der Waals surface area contributed by atoms with Gasteiger partial charge in [0.1, 0.15) is 0 Å². The van der Waals surface area contributed by atoms with Gasteiger partial charge in [0.2, 0.25) is 0 Å². The van der Waals surface area contributed by atoms with Crippen LogP contribution in [0.5, 0.6) is 0 Å². The number of nitrogens with one attached hydrogen (secondary N) is 1. The van der Waals surface area contributed by atoms with Crippen molar-refractivity contribution >= 4 is 11.6 Å². The van der Waals surface area contributed by atoms with Gasteiger partial charge in [-0.1, -0.05) is 30.3 Å². The van der Waals surface area contributed by atoms with Crippen LogP contribution in [0.2, 0.25) is 0 Å². The molecule has 2 rings (SSSR count). The van der Waals surface area contributed by atoms with Crippen LogP contribution < -0.4 is 11.2 Å². The first kappa shape index (κ1) is 16.0. The standard InChI is InChI=1S/C18H22N2O2/c1-18(2,3)22-20-17(21)16-7-5-4-6-14(16)12-13-8-10-15(19)11-9-13/h4-11H,12,19H2,1-3H3,(H,20,21). The van der Waals surface area contributed by atoms with Gasteiger partial charge in [0.05, 0.1) is 5.60 Å². The average Bonchev–Trinajstić information content (AvgIpc) is 2.47. The van der Waals surface area contributed by atoms with Gasteiger partial charge in [0.15, 0.2) is 0 Å². The van der Waals surface area contributed by atoms with Crippen LogP contribution in [-0.2, 0) is 11.3 Å². The Morgan fingerprint density at radius 2 is 1.73 bits per heavy atom. The molecule has 4 heteroatoms. The van der Waals surface area contributed by atoms with Gasteiger partial charge in [-0.05, 0) is 56.5 Å². The van der Waals surface area contributed by atoms with Crippen LogP contribution in [0.15, 0.2) is 48.5 Å². The fourth-order valence-electron chi connectivity index (χ4n) is 2.01. The van der Waals surface area contributed by atoms with E-state index in [4.69, 9.17) is 10.6 Å². The lowest BCUT2D eigenvalue weighted by atomic mass is 9.99. The Labute approximate surface area is 131 Å². The van der Waals surface area contributed by atoms with E-state index in [2.05, 4.69) is 5.48 Å². The number of benzene rings is 2. The minimum absolute atomic E-state index is 0.235. The zero-order valence-electron chi connectivity index (χ0n) is 13.2. The number of hydrogen-bond acceptors (Lipinski definition) is 3. The van der Waals surface area contributed by atoms with Crippen molar-refractivity contribution in [1.82, 2.24) is 5.48 Å². The summed E-state index contributed by atoms with van der Waals surface area (Å²) in [6, 6.07) is 15.2. The minimum Gasteiger partial charge on any atom is -0.399 e. The van der Waals surface area contributed by atoms with Crippen LogP contribution in [0.3, 0.4) is 0 Å². The summed E-state index contributed by atoms with van der Waals surface area (Å²) in [4.78, 5) is 17.7. The molecule has 0 heterocycles. The number of carbonyl (C=O) groups is 1. The van der Waals surface area contributed by atoms with Gasteiger partial charge in [-0.25, -0.2) is 5.48 Å². The highest BCUT2D eigenvalue weighted by Gasteiger charge is 2.16. The maximum Gasteiger partial charge on any atom is 0.275 e. The molecule has 22 heavy (non-hydrogen) atoms. The largest absolute Gasteiger partial charge is 0.399 e. The van der Waals surface area contributed by atoms with E-state index in [0.717, 1.165) is 16.8 Å². The predicted molar refractivity (Wildman–Crippen MR) is 88.4 cm³/mol. The van der Waals surface area contributed by atoms with Gasteiger partial charge in [-0.2, -0.15) is 0 Å². The zero-order chi connectivity index (χ0) is 16.2. The summed E-state index contributed by atoms with van der Waals surface area (Å²) >= 11 is 0. The van der Waals surface area contributed by atoms with Gasteiger partial charge in [0.25, 0.3) is 5.91 Å². The van der Waals surface area contributed by atoms with Gasteiger partial charge in [0, 0.05) is 11.3 Å². The van der Waals surface area contributed by atoms with Gasteiger partial charge < -0.3 is 5.73 Å². The monoisotopic (exact) mass is 298 g/mol. The molecule has 0 bridgehead atoms. The summed E-state index contributed by atoms with van der Waals surface area (Å²) in [6.07, 6.45) is 0.666. The molecule has 0 aliphatic heterocycles. The van der Waals surface area contributed by atoms with Gasteiger partial charge in [-0.3, -0.25) is 9.63 Å². The van der Waals surface area contributed by atoms with E-state index < -0.39 is 5.60 Å². The summed E-state index contributed by atoms with van der Waals surface area (Å²) in [6.45, 7) is 5.65. The highest BCUT2D eigenvalue weighted by Crippen LogP contribution is 2.16. The third-order valence-corrected chi connectivity index (χ3v) is 3.09. The molecule has 0 aliphatic carbocycles. The second-order valence-corrected chi connectivity index (χ2v) is 6.22. The van der Waals surface area contributed by atoms with Crippen molar-refractivity contribution in [2.75, 3.05) is 5.73 Å². The fourth-order valence-corrected chi connectivity index (χ4v) is 2.01. The molecule has 0 aliphatic rings. The molecule has 2 aromatic carbocycles. The SMILES string of the molecule is CC(C)(C)ONC(=O)c1ccccc1Cc1ccc(N)cc1. The average molecular weight is 298 g/mol. The van der Waals surface area contributed by atoms with E-state index >= 15 is 0 Å². The summed E-state index contributed by atoms with van der Waals surface area (Å²) in [5, 5.41) is 0. The molecule has 0 aromatic heterocycles. The molecule has 0 saturated carbocycles. The van der Waals surface area contributed by atoms with Crippen LogP contribution >= 0.6 is 0 Å². The van der Waals surface area contributed by atoms with Gasteiger partial charge >= 0.3 is 0 Å². The molecular formula is C18H22N2O2. The number of nitrogens with two attached hydrogens (primary N) is 1. The normalized spacial score (nSPS) is 11.2. The zero-order valence-corrected chi connectivity index (χ0v) is 13.2. The molecule has 0 radical (unpaired) electrons. The Morgan fingerprint density at radius 3 is 2.36 bits per heavy atom. The summed E-state index contributed by atoms with van der Waals surface area (Å²) in [5.74, 6) is -0.235. The minimum atomic E-state index is -0.429. The van der Waals surface area contributed by atoms with Crippen molar-refractivity contribution in [2.24, 2.45) is 0 Å². The third-order valence-electron chi connectivity index (χ3n) is 3.09. The number of anilines is 1. The highest BCUT2D eigenvalue weighted by molar-refractivity contribution is 5.95. The molecule has 0 saturated heterocycles. The van der Waals surface area contributed by atoms with E-state index in [1.165, 1.54) is 0 Å². The lowest BCUT2D eigenvalue weighted by molar-refractivity contribution is -0.0590. The summed E-state index contributed by atoms with van der Waals surface area (Å²) < 4.78 is 0. The summed E-state index contributed by atoms with van der Waals surface area (Å²) in [5.41, 5.74) is 11.2. The van der Waals surface area contributed by atoms with Crippen LogP contribution in [0.4, 0.5) is 5.69 Å². The number of hydroxylamine groups is 1. The molecule has 0 spiro atoms. The number of nitrogen functional groups attached to an aromatic ring is 1. The Morgan fingerprint density at radius 1 is 1.09 bits per heavy atom. The molecule has 0 atom stereocenters. The first-order valence-corrected chi connectivity index (χ1v) is 7.26. The van der Waals surface area contributed by atoms with E-state index in [9.17, 15) is 4.79 Å². The van der Waals surface area contributed by atoms with Crippen LogP contribution in [0.1, 0.15) is 42.3 Å². The Kier molecular flexibility index (Phi) is 4.83. The Hall–Kier alpha value is -2.33. The first-order valence-electron chi connectivity index (χ1n) is 7.26. The number of carbonyl (C=O) groups excluding carboxylic acids is 1. The maximum atomic E-state index is 12.3. The highest BCUT2D eigenvalue weighted by atomic mass is 16.7. The lowest BCUT2D eigenvalue weighted by Crippen LogP contribution is -2.34. The second-order valence-electron chi connectivity index (χ2n) is 6.22. The Bertz CT molecular complexity index is 643. The molecule has 3 N–H and O–H groups in total. The third kappa shape index (κ3) is 4.60. The van der Waals surface area contributed by atoms with Crippen molar-refractivity contribution in [3.63, 3.8) is 0 Å². The predicted octanol–water partition coefficient (Wildman–Crippen LogP) is 3.32. The molecule has 0 unspecified atom stereocenters. The van der Waals surface area contributed by atoms with E-state index in [1.807, 2.05) is 63.2 Å². The molecule has 4 nitrogen and oxygen atoms in total. The van der Waals surface area contributed by atoms with E-state index in [-0.39, 0.29) is 5.91 Å². The van der Waals surface area contributed by atoms with Crippen LogP contribution in [0, 0.1) is 0 Å². The van der Waals surface area contributed by atoms with Crippen molar-refractivity contribution in [3.05, 3.63) is 65.2 Å². The first-order chi connectivity index (χ1) is 10.3. The number of amides is 1. The molecule has 116 valence electrons. The number of hydrogen-bond donors (Lipinski definition) is 2. The van der Waals surface area contributed by atoms with Crippen molar-refractivity contribution in [3.8, 4) is 0 Å². The van der Waals surface area contributed by atoms with Crippen LogP contribution in [0.25, 0.3) is 0 Å².